The summed E-state index contributed by atoms with van der Waals surface area (Å²) in [5, 5.41) is 0. The average molecular weight is 363 g/mol. The van der Waals surface area contributed by atoms with Crippen LogP contribution < -0.4 is 9.47 Å². The second-order valence-corrected chi connectivity index (χ2v) is 6.69. The van der Waals surface area contributed by atoms with E-state index in [4.69, 9.17) is 9.47 Å². The summed E-state index contributed by atoms with van der Waals surface area (Å²) in [5.74, 6) is 2.79. The minimum Gasteiger partial charge on any atom is -0.454 e. The molecule has 4 aromatic rings. The second-order valence-electron chi connectivity index (χ2n) is 6.69. The Balaban J connectivity index is 1.79. The maximum atomic E-state index is 5.91. The molecule has 4 aromatic carbocycles. The summed E-state index contributed by atoms with van der Waals surface area (Å²) in [6.45, 7) is 0.255. The van der Waals surface area contributed by atoms with E-state index in [1.165, 1.54) is 17.0 Å². The van der Waals surface area contributed by atoms with E-state index in [2.05, 4.69) is 78.9 Å². The van der Waals surface area contributed by atoms with Gasteiger partial charge in [0.15, 0.2) is 11.5 Å². The molecule has 1 heterocycles. The molecule has 0 atom stereocenters. The molecule has 0 aromatic heterocycles. The summed E-state index contributed by atoms with van der Waals surface area (Å²) < 4.78 is 11.6. The third-order valence-electron chi connectivity index (χ3n) is 5.00. The van der Waals surface area contributed by atoms with E-state index in [0.29, 0.717) is 0 Å². The van der Waals surface area contributed by atoms with E-state index < -0.39 is 0 Å². The molecular formula is C26H19O2. The molecule has 0 amide bonds. The largest absolute Gasteiger partial charge is 0.454 e. The van der Waals surface area contributed by atoms with Gasteiger partial charge in [-0.15, -0.1) is 0 Å². The maximum Gasteiger partial charge on any atom is 0.231 e. The van der Waals surface area contributed by atoms with Crippen LogP contribution in [0.4, 0.5) is 0 Å². The van der Waals surface area contributed by atoms with Crippen molar-refractivity contribution in [1.29, 1.82) is 0 Å². The van der Waals surface area contributed by atoms with Crippen molar-refractivity contribution in [1.82, 2.24) is 0 Å². The van der Waals surface area contributed by atoms with Gasteiger partial charge in [0.05, 0.1) is 5.92 Å². The molecule has 1 radical (unpaired) electrons. The number of ether oxygens (including phenoxy) is 2. The summed E-state index contributed by atoms with van der Waals surface area (Å²) in [7, 11) is 0. The van der Waals surface area contributed by atoms with Crippen molar-refractivity contribution in [2.75, 3.05) is 6.79 Å². The molecule has 0 spiro atoms. The Kier molecular flexibility index (Phi) is 4.30. The fourth-order valence-corrected chi connectivity index (χ4v) is 3.76. The van der Waals surface area contributed by atoms with E-state index in [-0.39, 0.29) is 6.79 Å². The highest BCUT2D eigenvalue weighted by Crippen LogP contribution is 2.47. The van der Waals surface area contributed by atoms with Crippen LogP contribution in [0.2, 0.25) is 0 Å². The lowest BCUT2D eigenvalue weighted by Gasteiger charge is -2.22. The first-order chi connectivity index (χ1) is 13.9. The van der Waals surface area contributed by atoms with E-state index in [1.54, 1.807) is 0 Å². The molecule has 0 unspecified atom stereocenters. The lowest BCUT2D eigenvalue weighted by molar-refractivity contribution is 0.174. The lowest BCUT2D eigenvalue weighted by Crippen LogP contribution is -2.06. The Morgan fingerprint density at radius 3 is 1.75 bits per heavy atom. The smallest absolute Gasteiger partial charge is 0.231 e. The fourth-order valence-electron chi connectivity index (χ4n) is 3.76. The van der Waals surface area contributed by atoms with Gasteiger partial charge in [-0.2, -0.15) is 0 Å². The van der Waals surface area contributed by atoms with Crippen molar-refractivity contribution in [2.45, 2.75) is 0 Å². The Labute approximate surface area is 165 Å². The first-order valence-corrected chi connectivity index (χ1v) is 9.38. The predicted molar refractivity (Wildman–Crippen MR) is 111 cm³/mol. The van der Waals surface area contributed by atoms with Gasteiger partial charge in [-0.3, -0.25) is 0 Å². The summed E-state index contributed by atoms with van der Waals surface area (Å²) in [6, 6.07) is 35.5. The minimum atomic E-state index is 0.255. The van der Waals surface area contributed by atoms with E-state index in [1.807, 2.05) is 24.3 Å². The van der Waals surface area contributed by atoms with Gasteiger partial charge in [0.1, 0.15) is 0 Å². The number of benzene rings is 4. The molecule has 28 heavy (non-hydrogen) atoms. The van der Waals surface area contributed by atoms with Crippen LogP contribution in [0.3, 0.4) is 0 Å². The van der Waals surface area contributed by atoms with Crippen LogP contribution in [0.25, 0.3) is 11.1 Å². The predicted octanol–water partition coefficient (Wildman–Crippen LogP) is 6.10. The molecule has 2 heteroatoms. The topological polar surface area (TPSA) is 18.5 Å². The first-order valence-electron chi connectivity index (χ1n) is 9.38. The van der Waals surface area contributed by atoms with Crippen molar-refractivity contribution in [3.8, 4) is 22.6 Å². The fraction of sp³-hybridized carbons (Fsp3) is 0.0385. The molecule has 5 rings (SSSR count). The normalized spacial score (nSPS) is 12.3. The van der Waals surface area contributed by atoms with Crippen LogP contribution in [0.15, 0.2) is 103 Å². The van der Waals surface area contributed by atoms with Crippen LogP contribution >= 0.6 is 0 Å². The first kappa shape index (κ1) is 16.6. The van der Waals surface area contributed by atoms with Gasteiger partial charge in [0.2, 0.25) is 6.79 Å². The molecule has 1 aliphatic heterocycles. The number of hydrogen-bond acceptors (Lipinski definition) is 2. The highest BCUT2D eigenvalue weighted by Gasteiger charge is 2.28. The Bertz CT molecular complexity index is 1030. The van der Waals surface area contributed by atoms with Gasteiger partial charge in [0, 0.05) is 5.56 Å². The number of fused-ring (bicyclic) bond motifs is 1. The molecule has 135 valence electrons. The highest BCUT2D eigenvalue weighted by molar-refractivity contribution is 5.82. The van der Waals surface area contributed by atoms with E-state index in [0.717, 1.165) is 28.2 Å². The number of rotatable bonds is 4. The minimum absolute atomic E-state index is 0.255. The maximum absolute atomic E-state index is 5.91. The van der Waals surface area contributed by atoms with E-state index >= 15 is 0 Å². The summed E-state index contributed by atoms with van der Waals surface area (Å²) in [6.07, 6.45) is 0. The van der Waals surface area contributed by atoms with E-state index in [9.17, 15) is 0 Å². The number of hydrogen-bond donors (Lipinski definition) is 0. The zero-order valence-electron chi connectivity index (χ0n) is 15.3. The molecule has 2 nitrogen and oxygen atoms in total. The third-order valence-corrected chi connectivity index (χ3v) is 5.00. The molecule has 0 bridgehead atoms. The Hall–Kier alpha value is -3.52. The van der Waals surface area contributed by atoms with Crippen LogP contribution in [-0.4, -0.2) is 6.79 Å². The monoisotopic (exact) mass is 363 g/mol. The zero-order valence-corrected chi connectivity index (χ0v) is 15.3. The average Bonchev–Trinajstić information content (AvgIpc) is 3.25. The molecule has 0 saturated heterocycles. The van der Waals surface area contributed by atoms with Gasteiger partial charge < -0.3 is 9.47 Å². The van der Waals surface area contributed by atoms with Crippen LogP contribution in [0, 0.1) is 5.92 Å². The molecule has 0 fully saturated rings. The van der Waals surface area contributed by atoms with Crippen molar-refractivity contribution in [3.05, 3.63) is 126 Å². The molecule has 1 aliphatic rings. The zero-order chi connectivity index (χ0) is 18.8. The second kappa shape index (κ2) is 7.24. The summed E-state index contributed by atoms with van der Waals surface area (Å²) in [4.78, 5) is 0. The standard InChI is InChI=1S/C26H19O2/c1-4-10-19(11-5-1)24(20-12-6-2-7-13-20)22-16-17-23-26(28-18-27-23)25(22)21-14-8-3-9-15-21/h1-17H,18H2. The quantitative estimate of drug-likeness (QED) is 0.408. The van der Waals surface area contributed by atoms with Crippen LogP contribution in [0.1, 0.15) is 16.7 Å². The Morgan fingerprint density at radius 1 is 0.571 bits per heavy atom. The van der Waals surface area contributed by atoms with Crippen LogP contribution in [-0.2, 0) is 0 Å². The van der Waals surface area contributed by atoms with Crippen molar-refractivity contribution >= 4 is 0 Å². The van der Waals surface area contributed by atoms with Crippen LogP contribution in [0.5, 0.6) is 11.5 Å². The van der Waals surface area contributed by atoms with Gasteiger partial charge in [0.25, 0.3) is 0 Å². The SMILES string of the molecule is c1ccc([C](c2ccccc2)c2ccc3c(c2-c2ccccc2)OCO3)cc1. The van der Waals surface area contributed by atoms with Crippen molar-refractivity contribution in [2.24, 2.45) is 0 Å². The summed E-state index contributed by atoms with van der Waals surface area (Å²) in [5.41, 5.74) is 5.66. The van der Waals surface area contributed by atoms with Crippen molar-refractivity contribution < 1.29 is 9.47 Å². The lowest BCUT2D eigenvalue weighted by atomic mass is 9.81. The Morgan fingerprint density at radius 2 is 1.14 bits per heavy atom. The molecular weight excluding hydrogens is 344 g/mol. The van der Waals surface area contributed by atoms with Crippen molar-refractivity contribution in [3.63, 3.8) is 0 Å². The van der Waals surface area contributed by atoms with Gasteiger partial charge in [-0.25, -0.2) is 0 Å². The highest BCUT2D eigenvalue weighted by atomic mass is 16.7. The van der Waals surface area contributed by atoms with Gasteiger partial charge in [-0.05, 0) is 28.3 Å². The molecule has 0 aliphatic carbocycles. The van der Waals surface area contributed by atoms with Gasteiger partial charge >= 0.3 is 0 Å². The third kappa shape index (κ3) is 2.93. The molecule has 0 N–H and O–H groups in total. The van der Waals surface area contributed by atoms with Gasteiger partial charge in [-0.1, -0.05) is 97.1 Å². The summed E-state index contributed by atoms with van der Waals surface area (Å²) >= 11 is 0. The molecule has 0 saturated carbocycles.